The third kappa shape index (κ3) is 11.4. The molecule has 56 valence electrons. The first-order chi connectivity index (χ1) is 3.91. The van der Waals surface area contributed by atoms with Gasteiger partial charge in [-0.3, -0.25) is 0 Å². The van der Waals surface area contributed by atoms with Crippen LogP contribution in [0, 0.1) is 0 Å². The molecule has 1 nitrogen and oxygen atoms in total. The van der Waals surface area contributed by atoms with Crippen LogP contribution in [0.1, 0.15) is 26.2 Å². The number of rotatable bonds is 5. The molecule has 0 radical (unpaired) electrons. The molecule has 0 bridgehead atoms. The highest BCUT2D eigenvalue weighted by Gasteiger charge is 1.79. The molecule has 0 unspecified atom stereocenters. The SMILES string of the molecule is C=CNCCCCC.Cl. The third-order valence-corrected chi connectivity index (χ3v) is 1.07. The molecule has 0 aliphatic heterocycles. The Balaban J connectivity index is 0. The lowest BCUT2D eigenvalue weighted by molar-refractivity contribution is 0.683. The van der Waals surface area contributed by atoms with Crippen LogP contribution in [0.25, 0.3) is 0 Å². The number of halogens is 1. The number of unbranched alkanes of at least 4 members (excludes halogenated alkanes) is 2. The van der Waals surface area contributed by atoms with E-state index in [1.54, 1.807) is 6.20 Å². The fourth-order valence-corrected chi connectivity index (χ4v) is 0.579. The molecule has 0 saturated carbocycles. The van der Waals surface area contributed by atoms with Crippen molar-refractivity contribution in [1.82, 2.24) is 5.32 Å². The van der Waals surface area contributed by atoms with Crippen LogP contribution in [0.4, 0.5) is 0 Å². The summed E-state index contributed by atoms with van der Waals surface area (Å²) in [5, 5.41) is 3.05. The van der Waals surface area contributed by atoms with Crippen molar-refractivity contribution in [1.29, 1.82) is 0 Å². The van der Waals surface area contributed by atoms with Gasteiger partial charge in [0.15, 0.2) is 0 Å². The lowest BCUT2D eigenvalue weighted by atomic mass is 10.2. The maximum atomic E-state index is 3.55. The Morgan fingerprint density at radius 1 is 1.44 bits per heavy atom. The van der Waals surface area contributed by atoms with Crippen LogP contribution in [0.2, 0.25) is 0 Å². The largest absolute Gasteiger partial charge is 0.391 e. The predicted octanol–water partition coefficient (Wildman–Crippen LogP) is 2.33. The van der Waals surface area contributed by atoms with E-state index in [0.717, 1.165) is 6.54 Å². The molecule has 0 aliphatic rings. The summed E-state index contributed by atoms with van der Waals surface area (Å²) in [7, 11) is 0. The molecule has 0 heterocycles. The highest BCUT2D eigenvalue weighted by atomic mass is 35.5. The standard InChI is InChI=1S/C7H15N.ClH/c1-3-5-6-7-8-4-2;/h4,8H,2-3,5-7H2,1H3;1H. The molecule has 0 fully saturated rings. The van der Waals surface area contributed by atoms with Crippen LogP contribution in [-0.4, -0.2) is 6.54 Å². The molecule has 0 amide bonds. The zero-order valence-corrected chi connectivity index (χ0v) is 6.84. The topological polar surface area (TPSA) is 12.0 Å². The molecule has 0 aromatic carbocycles. The Morgan fingerprint density at radius 2 is 2.11 bits per heavy atom. The molecule has 9 heavy (non-hydrogen) atoms. The molecule has 0 aromatic heterocycles. The van der Waals surface area contributed by atoms with Crippen LogP contribution in [0.3, 0.4) is 0 Å². The normalized spacial score (nSPS) is 7.67. The zero-order chi connectivity index (χ0) is 6.24. The maximum absolute atomic E-state index is 3.55. The average molecular weight is 150 g/mol. The first kappa shape index (κ1) is 11.6. The van der Waals surface area contributed by atoms with Crippen molar-refractivity contribution in [3.63, 3.8) is 0 Å². The van der Waals surface area contributed by atoms with Gasteiger partial charge < -0.3 is 5.32 Å². The number of hydrogen-bond acceptors (Lipinski definition) is 1. The molecule has 0 rings (SSSR count). The van der Waals surface area contributed by atoms with Gasteiger partial charge in [-0.05, 0) is 12.6 Å². The molecule has 1 N–H and O–H groups in total. The van der Waals surface area contributed by atoms with Gasteiger partial charge in [0.2, 0.25) is 0 Å². The lowest BCUT2D eigenvalue weighted by Gasteiger charge is -1.95. The van der Waals surface area contributed by atoms with Crippen molar-refractivity contribution in [3.8, 4) is 0 Å². The Bertz CT molecular complexity index is 54.9. The fourth-order valence-electron chi connectivity index (χ4n) is 0.579. The molecule has 0 aromatic rings. The first-order valence-electron chi connectivity index (χ1n) is 3.26. The molecule has 0 saturated heterocycles. The lowest BCUT2D eigenvalue weighted by Crippen LogP contribution is -2.05. The molecule has 0 spiro atoms. The second-order valence-corrected chi connectivity index (χ2v) is 1.87. The van der Waals surface area contributed by atoms with Crippen LogP contribution in [-0.2, 0) is 0 Å². The summed E-state index contributed by atoms with van der Waals surface area (Å²) < 4.78 is 0. The maximum Gasteiger partial charge on any atom is 0.0141 e. The monoisotopic (exact) mass is 149 g/mol. The summed E-state index contributed by atoms with van der Waals surface area (Å²) in [6, 6.07) is 0. The van der Waals surface area contributed by atoms with Crippen molar-refractivity contribution < 1.29 is 0 Å². The van der Waals surface area contributed by atoms with E-state index in [1.807, 2.05) is 0 Å². The minimum absolute atomic E-state index is 0. The van der Waals surface area contributed by atoms with Gasteiger partial charge in [-0.1, -0.05) is 26.3 Å². The van der Waals surface area contributed by atoms with E-state index in [4.69, 9.17) is 0 Å². The van der Waals surface area contributed by atoms with Crippen LogP contribution in [0.5, 0.6) is 0 Å². The highest BCUT2D eigenvalue weighted by molar-refractivity contribution is 5.85. The van der Waals surface area contributed by atoms with Crippen LogP contribution >= 0.6 is 12.4 Å². The van der Waals surface area contributed by atoms with Gasteiger partial charge in [0.1, 0.15) is 0 Å². The van der Waals surface area contributed by atoms with Gasteiger partial charge in [-0.25, -0.2) is 0 Å². The summed E-state index contributed by atoms with van der Waals surface area (Å²) in [5.74, 6) is 0. The summed E-state index contributed by atoms with van der Waals surface area (Å²) >= 11 is 0. The molecule has 0 atom stereocenters. The molecule has 2 heteroatoms. The van der Waals surface area contributed by atoms with Gasteiger partial charge in [-0.2, -0.15) is 0 Å². The van der Waals surface area contributed by atoms with Crippen molar-refractivity contribution in [3.05, 3.63) is 12.8 Å². The van der Waals surface area contributed by atoms with Gasteiger partial charge in [0.05, 0.1) is 0 Å². The van der Waals surface area contributed by atoms with E-state index >= 15 is 0 Å². The van der Waals surface area contributed by atoms with Crippen molar-refractivity contribution in [2.24, 2.45) is 0 Å². The predicted molar refractivity (Wildman–Crippen MR) is 45.0 cm³/mol. The highest BCUT2D eigenvalue weighted by Crippen LogP contribution is 1.90. The molecular weight excluding hydrogens is 134 g/mol. The zero-order valence-electron chi connectivity index (χ0n) is 6.02. The quantitative estimate of drug-likeness (QED) is 0.592. The van der Waals surface area contributed by atoms with Crippen LogP contribution < -0.4 is 5.32 Å². The number of hydrogen-bond donors (Lipinski definition) is 1. The molecular formula is C7H16ClN. The summed E-state index contributed by atoms with van der Waals surface area (Å²) in [4.78, 5) is 0. The Morgan fingerprint density at radius 3 is 2.56 bits per heavy atom. The van der Waals surface area contributed by atoms with E-state index in [-0.39, 0.29) is 12.4 Å². The van der Waals surface area contributed by atoms with E-state index in [0.29, 0.717) is 0 Å². The van der Waals surface area contributed by atoms with Gasteiger partial charge in [0, 0.05) is 6.54 Å². The number of nitrogens with one attached hydrogen (secondary N) is 1. The third-order valence-electron chi connectivity index (χ3n) is 1.07. The summed E-state index contributed by atoms with van der Waals surface area (Å²) in [6.07, 6.45) is 5.62. The Hall–Kier alpha value is -0.170. The van der Waals surface area contributed by atoms with Crippen molar-refractivity contribution in [2.75, 3.05) is 6.54 Å². The van der Waals surface area contributed by atoms with Crippen LogP contribution in [0.15, 0.2) is 12.8 Å². The fraction of sp³-hybridized carbons (Fsp3) is 0.714. The van der Waals surface area contributed by atoms with Crippen molar-refractivity contribution in [2.45, 2.75) is 26.2 Å². The van der Waals surface area contributed by atoms with Gasteiger partial charge in [-0.15, -0.1) is 12.4 Å². The van der Waals surface area contributed by atoms with E-state index < -0.39 is 0 Å². The van der Waals surface area contributed by atoms with Crippen molar-refractivity contribution >= 4 is 12.4 Å². The second kappa shape index (κ2) is 10.7. The average Bonchev–Trinajstić information content (AvgIpc) is 1.81. The summed E-state index contributed by atoms with van der Waals surface area (Å²) in [6.45, 7) is 6.83. The minimum atomic E-state index is 0. The minimum Gasteiger partial charge on any atom is -0.391 e. The second-order valence-electron chi connectivity index (χ2n) is 1.87. The Kier molecular flexibility index (Phi) is 13.9. The Labute approximate surface area is 63.9 Å². The van der Waals surface area contributed by atoms with Gasteiger partial charge >= 0.3 is 0 Å². The van der Waals surface area contributed by atoms with Gasteiger partial charge in [0.25, 0.3) is 0 Å². The summed E-state index contributed by atoms with van der Waals surface area (Å²) in [5.41, 5.74) is 0. The van der Waals surface area contributed by atoms with E-state index in [2.05, 4.69) is 18.8 Å². The smallest absolute Gasteiger partial charge is 0.0141 e. The first-order valence-corrected chi connectivity index (χ1v) is 3.26. The van der Waals surface area contributed by atoms with E-state index in [9.17, 15) is 0 Å². The van der Waals surface area contributed by atoms with E-state index in [1.165, 1.54) is 19.3 Å². The molecule has 0 aliphatic carbocycles.